The molecule has 0 bridgehead atoms. The average Bonchev–Trinajstić information content (AvgIpc) is 2.70. The van der Waals surface area contributed by atoms with Crippen molar-refractivity contribution in [2.24, 2.45) is 4.99 Å². The predicted molar refractivity (Wildman–Crippen MR) is 57.6 cm³/mol. The number of hydrogen-bond acceptors (Lipinski definition) is 3. The Bertz CT molecular complexity index is 236. The van der Waals surface area contributed by atoms with Crippen LogP contribution in [0.15, 0.2) is 28.8 Å². The third-order valence-corrected chi connectivity index (χ3v) is 1.96. The maximum absolute atomic E-state index is 5.35. The van der Waals surface area contributed by atoms with Gasteiger partial charge in [0.05, 0.1) is 13.2 Å². The van der Waals surface area contributed by atoms with Gasteiger partial charge in [0.2, 0.25) is 0 Å². The second-order valence-electron chi connectivity index (χ2n) is 3.07. The Morgan fingerprint density at radius 2 is 2.57 bits per heavy atom. The van der Waals surface area contributed by atoms with Crippen LogP contribution in [0.3, 0.4) is 0 Å². The van der Waals surface area contributed by atoms with E-state index in [9.17, 15) is 0 Å². The van der Waals surface area contributed by atoms with Crippen LogP contribution >= 0.6 is 0 Å². The largest absolute Gasteiger partial charge is 0.474 e. The number of hydrogen-bond donors (Lipinski definition) is 0. The fourth-order valence-electron chi connectivity index (χ4n) is 1.31. The zero-order valence-electron chi connectivity index (χ0n) is 8.77. The fourth-order valence-corrected chi connectivity index (χ4v) is 1.31. The van der Waals surface area contributed by atoms with Gasteiger partial charge in [-0.05, 0) is 12.0 Å². The monoisotopic (exact) mass is 195 g/mol. The van der Waals surface area contributed by atoms with Gasteiger partial charge < -0.3 is 9.47 Å². The Hall–Kier alpha value is -1.09. The first-order chi connectivity index (χ1) is 6.88. The summed E-state index contributed by atoms with van der Waals surface area (Å²) >= 11 is 0. The van der Waals surface area contributed by atoms with Crippen LogP contribution in [0.25, 0.3) is 0 Å². The molecule has 0 spiro atoms. The molecule has 0 aliphatic carbocycles. The van der Waals surface area contributed by atoms with Gasteiger partial charge in [0.15, 0.2) is 6.40 Å². The van der Waals surface area contributed by atoms with E-state index in [4.69, 9.17) is 9.47 Å². The van der Waals surface area contributed by atoms with E-state index in [2.05, 4.69) is 18.0 Å². The lowest BCUT2D eigenvalue weighted by Crippen LogP contribution is -2.12. The normalized spacial score (nSPS) is 21.9. The van der Waals surface area contributed by atoms with Crippen molar-refractivity contribution in [1.29, 1.82) is 0 Å². The van der Waals surface area contributed by atoms with Crippen molar-refractivity contribution in [2.45, 2.75) is 19.4 Å². The van der Waals surface area contributed by atoms with Crippen LogP contribution in [-0.4, -0.2) is 32.8 Å². The van der Waals surface area contributed by atoms with Crippen LogP contribution in [0.4, 0.5) is 0 Å². The van der Waals surface area contributed by atoms with E-state index >= 15 is 0 Å². The van der Waals surface area contributed by atoms with Crippen molar-refractivity contribution in [3.05, 3.63) is 23.8 Å². The number of aliphatic imine (C=N–C) groups is 1. The molecule has 14 heavy (non-hydrogen) atoms. The summed E-state index contributed by atoms with van der Waals surface area (Å²) in [4.78, 5) is 4.04. The van der Waals surface area contributed by atoms with Gasteiger partial charge in [0.25, 0.3) is 0 Å². The van der Waals surface area contributed by atoms with Crippen molar-refractivity contribution in [3.8, 4) is 0 Å². The molecule has 0 amide bonds. The van der Waals surface area contributed by atoms with Crippen LogP contribution in [0.1, 0.15) is 13.3 Å². The molecule has 0 radical (unpaired) electrons. The number of ether oxygens (including phenoxy) is 2. The molecule has 1 aliphatic rings. The van der Waals surface area contributed by atoms with Gasteiger partial charge in [-0.15, -0.1) is 0 Å². The van der Waals surface area contributed by atoms with Crippen LogP contribution in [-0.2, 0) is 9.47 Å². The van der Waals surface area contributed by atoms with Gasteiger partial charge in [0, 0.05) is 7.11 Å². The smallest absolute Gasteiger partial charge is 0.170 e. The molecule has 1 heterocycles. The minimum absolute atomic E-state index is 0.100. The molecule has 1 unspecified atom stereocenters. The summed E-state index contributed by atoms with van der Waals surface area (Å²) in [5.41, 5.74) is 1.18. The molecular formula is C11H17NO2. The van der Waals surface area contributed by atoms with Crippen molar-refractivity contribution in [1.82, 2.24) is 0 Å². The maximum Gasteiger partial charge on any atom is 0.170 e. The van der Waals surface area contributed by atoms with Gasteiger partial charge in [0.1, 0.15) is 6.10 Å². The van der Waals surface area contributed by atoms with Crippen molar-refractivity contribution in [2.75, 3.05) is 20.3 Å². The second-order valence-corrected chi connectivity index (χ2v) is 3.07. The molecule has 1 atom stereocenters. The first-order valence-corrected chi connectivity index (χ1v) is 4.87. The first-order valence-electron chi connectivity index (χ1n) is 4.87. The number of allylic oxidation sites excluding steroid dienone is 1. The molecule has 0 saturated heterocycles. The quantitative estimate of drug-likeness (QED) is 0.628. The van der Waals surface area contributed by atoms with Gasteiger partial charge in [-0.2, -0.15) is 0 Å². The Morgan fingerprint density at radius 3 is 3.14 bits per heavy atom. The Labute approximate surface area is 85.1 Å². The van der Waals surface area contributed by atoms with E-state index in [-0.39, 0.29) is 6.10 Å². The zero-order valence-corrected chi connectivity index (χ0v) is 8.77. The summed E-state index contributed by atoms with van der Waals surface area (Å²) < 4.78 is 10.3. The van der Waals surface area contributed by atoms with Crippen LogP contribution < -0.4 is 0 Å². The Morgan fingerprint density at radius 1 is 1.71 bits per heavy atom. The standard InChI is InChI=1S/C11H17NO2/c1-3-5-10(6-4-7-13-2)11-8-12-9-14-11/h4-6,9,11H,3,7-8H2,1-2H3/b6-4-,10-5+. The highest BCUT2D eigenvalue weighted by molar-refractivity contribution is 5.51. The molecule has 0 N–H and O–H groups in total. The molecule has 3 heteroatoms. The highest BCUT2D eigenvalue weighted by atomic mass is 16.5. The summed E-state index contributed by atoms with van der Waals surface area (Å²) in [5, 5.41) is 0. The number of rotatable bonds is 5. The van der Waals surface area contributed by atoms with Crippen LogP contribution in [0.5, 0.6) is 0 Å². The van der Waals surface area contributed by atoms with E-state index < -0.39 is 0 Å². The van der Waals surface area contributed by atoms with Crippen LogP contribution in [0.2, 0.25) is 0 Å². The summed E-state index contributed by atoms with van der Waals surface area (Å²) in [6.07, 6.45) is 8.83. The molecule has 0 fully saturated rings. The summed E-state index contributed by atoms with van der Waals surface area (Å²) in [6, 6.07) is 0. The molecule has 3 nitrogen and oxygen atoms in total. The number of nitrogens with zero attached hydrogens (tertiary/aromatic N) is 1. The lowest BCUT2D eigenvalue weighted by atomic mass is 10.1. The highest BCUT2D eigenvalue weighted by Gasteiger charge is 2.15. The third-order valence-electron chi connectivity index (χ3n) is 1.96. The molecular weight excluding hydrogens is 178 g/mol. The van der Waals surface area contributed by atoms with Crippen LogP contribution in [0, 0.1) is 0 Å². The van der Waals surface area contributed by atoms with E-state index in [0.29, 0.717) is 6.61 Å². The summed E-state index contributed by atoms with van der Waals surface area (Å²) in [7, 11) is 1.68. The number of methoxy groups -OCH3 is 1. The minimum atomic E-state index is 0.100. The summed E-state index contributed by atoms with van der Waals surface area (Å²) in [6.45, 7) is 3.47. The lowest BCUT2D eigenvalue weighted by molar-refractivity contribution is 0.233. The lowest BCUT2D eigenvalue weighted by Gasteiger charge is -2.09. The topological polar surface area (TPSA) is 30.8 Å². The molecule has 0 aromatic carbocycles. The van der Waals surface area contributed by atoms with Gasteiger partial charge in [-0.1, -0.05) is 25.2 Å². The fraction of sp³-hybridized carbons (Fsp3) is 0.545. The second kappa shape index (κ2) is 6.38. The van der Waals surface area contributed by atoms with Crippen molar-refractivity contribution >= 4 is 6.40 Å². The highest BCUT2D eigenvalue weighted by Crippen LogP contribution is 2.13. The molecule has 0 aromatic rings. The van der Waals surface area contributed by atoms with Gasteiger partial charge in [-0.25, -0.2) is 0 Å². The average molecular weight is 195 g/mol. The Balaban J connectivity index is 2.51. The van der Waals surface area contributed by atoms with Gasteiger partial charge >= 0.3 is 0 Å². The van der Waals surface area contributed by atoms with Gasteiger partial charge in [-0.3, -0.25) is 4.99 Å². The van der Waals surface area contributed by atoms with E-state index in [0.717, 1.165) is 13.0 Å². The van der Waals surface area contributed by atoms with E-state index in [1.807, 2.05) is 12.2 Å². The molecule has 78 valence electrons. The SMILES string of the molecule is CC/C=C(\C=C/COC)C1CN=CO1. The van der Waals surface area contributed by atoms with Crippen molar-refractivity contribution < 1.29 is 9.47 Å². The van der Waals surface area contributed by atoms with E-state index in [1.54, 1.807) is 7.11 Å². The zero-order chi connectivity index (χ0) is 10.2. The maximum atomic E-state index is 5.35. The van der Waals surface area contributed by atoms with E-state index in [1.165, 1.54) is 12.0 Å². The first kappa shape index (κ1) is 11.0. The predicted octanol–water partition coefficient (Wildman–Crippen LogP) is 1.95. The molecule has 1 rings (SSSR count). The molecule has 0 aromatic heterocycles. The summed E-state index contributed by atoms with van der Waals surface area (Å²) in [5.74, 6) is 0. The molecule has 1 aliphatic heterocycles. The van der Waals surface area contributed by atoms with Crippen molar-refractivity contribution in [3.63, 3.8) is 0 Å². The molecule has 0 saturated carbocycles. The Kier molecular flexibility index (Phi) is 5.00. The minimum Gasteiger partial charge on any atom is -0.474 e. The third kappa shape index (κ3) is 3.34.